The molecule has 2 aromatic carbocycles. The minimum absolute atomic E-state index is 0.0181. The van der Waals surface area contributed by atoms with Crippen molar-refractivity contribution in [1.29, 1.82) is 0 Å². The minimum Gasteiger partial charge on any atom is -0.350 e. The summed E-state index contributed by atoms with van der Waals surface area (Å²) in [6.07, 6.45) is 5.19. The van der Waals surface area contributed by atoms with E-state index >= 15 is 0 Å². The molecule has 7 nitrogen and oxygen atoms in total. The van der Waals surface area contributed by atoms with Gasteiger partial charge in [-0.1, -0.05) is 30.9 Å². The molecule has 0 aliphatic heterocycles. The van der Waals surface area contributed by atoms with Crippen LogP contribution in [0.25, 0.3) is 0 Å². The molecule has 0 heterocycles. The number of primary amides is 1. The van der Waals surface area contributed by atoms with E-state index in [9.17, 15) is 14.4 Å². The van der Waals surface area contributed by atoms with E-state index in [1.54, 1.807) is 48.5 Å². The van der Waals surface area contributed by atoms with Crippen LogP contribution < -0.4 is 21.5 Å². The number of hydrogen-bond acceptors (Lipinski definition) is 3. The van der Waals surface area contributed by atoms with Crippen LogP contribution in [0.4, 0.5) is 16.2 Å². The van der Waals surface area contributed by atoms with Gasteiger partial charge in [-0.3, -0.25) is 15.0 Å². The highest BCUT2D eigenvalue weighted by molar-refractivity contribution is 6.30. The Kier molecular flexibility index (Phi) is 6.72. The molecular weight excluding hydrogens is 392 g/mol. The SMILES string of the molecule is NC(=O)N(NC(=O)c1ccc(NC(=O)C2CCCCC2)cc1)c1ccc(Cl)cc1. The maximum Gasteiger partial charge on any atom is 0.338 e. The second kappa shape index (κ2) is 9.43. The van der Waals surface area contributed by atoms with E-state index in [-0.39, 0.29) is 11.8 Å². The molecule has 0 atom stereocenters. The van der Waals surface area contributed by atoms with Gasteiger partial charge in [-0.2, -0.15) is 0 Å². The van der Waals surface area contributed by atoms with E-state index in [1.807, 2.05) is 0 Å². The van der Waals surface area contributed by atoms with Crippen molar-refractivity contribution >= 4 is 40.8 Å². The molecule has 4 N–H and O–H groups in total. The Hall–Kier alpha value is -3.06. The van der Waals surface area contributed by atoms with Crippen LogP contribution in [0, 0.1) is 5.92 Å². The molecule has 0 spiro atoms. The fraction of sp³-hybridized carbons (Fsp3) is 0.286. The third-order valence-electron chi connectivity index (χ3n) is 4.91. The Morgan fingerprint density at radius 1 is 0.931 bits per heavy atom. The lowest BCUT2D eigenvalue weighted by molar-refractivity contribution is -0.120. The first-order valence-electron chi connectivity index (χ1n) is 9.51. The zero-order valence-corrected chi connectivity index (χ0v) is 16.6. The van der Waals surface area contributed by atoms with Crippen LogP contribution in [-0.4, -0.2) is 17.8 Å². The molecule has 3 rings (SSSR count). The maximum atomic E-state index is 12.5. The molecule has 0 saturated heterocycles. The molecule has 0 aromatic heterocycles. The quantitative estimate of drug-likeness (QED) is 0.656. The third kappa shape index (κ3) is 5.48. The van der Waals surface area contributed by atoms with Crippen LogP contribution in [0.5, 0.6) is 0 Å². The number of nitrogens with zero attached hydrogens (tertiary/aromatic N) is 1. The second-order valence-electron chi connectivity index (χ2n) is 6.99. The standard InChI is InChI=1S/C21H23ClN4O3/c22-16-8-12-18(13-9-16)26(21(23)29)25-20(28)15-6-10-17(11-7-15)24-19(27)14-4-2-1-3-5-14/h6-14H,1-5H2,(H2,23,29)(H,24,27)(H,25,28). The van der Waals surface area contributed by atoms with Gasteiger partial charge in [-0.05, 0) is 61.4 Å². The highest BCUT2D eigenvalue weighted by Gasteiger charge is 2.21. The number of benzene rings is 2. The first-order valence-corrected chi connectivity index (χ1v) is 9.89. The van der Waals surface area contributed by atoms with E-state index in [2.05, 4.69) is 10.7 Å². The molecule has 152 valence electrons. The fourth-order valence-corrected chi connectivity index (χ4v) is 3.44. The van der Waals surface area contributed by atoms with Gasteiger partial charge in [-0.15, -0.1) is 0 Å². The van der Waals surface area contributed by atoms with E-state index in [1.165, 1.54) is 6.42 Å². The normalized spacial score (nSPS) is 14.1. The van der Waals surface area contributed by atoms with Crippen molar-refractivity contribution in [2.75, 3.05) is 10.3 Å². The lowest BCUT2D eigenvalue weighted by atomic mass is 9.88. The topological polar surface area (TPSA) is 105 Å². The minimum atomic E-state index is -0.836. The van der Waals surface area contributed by atoms with E-state index < -0.39 is 11.9 Å². The number of nitrogens with one attached hydrogen (secondary N) is 2. The Morgan fingerprint density at radius 3 is 2.14 bits per heavy atom. The monoisotopic (exact) mass is 414 g/mol. The van der Waals surface area contributed by atoms with Crippen LogP contribution in [0.2, 0.25) is 5.02 Å². The summed E-state index contributed by atoms with van der Waals surface area (Å²) in [4.78, 5) is 36.6. The van der Waals surface area contributed by atoms with Crippen LogP contribution in [-0.2, 0) is 4.79 Å². The highest BCUT2D eigenvalue weighted by Crippen LogP contribution is 2.25. The molecule has 4 amide bonds. The Labute approximate surface area is 174 Å². The Morgan fingerprint density at radius 2 is 1.55 bits per heavy atom. The molecule has 1 aliphatic rings. The van der Waals surface area contributed by atoms with Crippen molar-refractivity contribution in [2.45, 2.75) is 32.1 Å². The molecule has 0 bridgehead atoms. The van der Waals surface area contributed by atoms with Crippen LogP contribution in [0.15, 0.2) is 48.5 Å². The summed E-state index contributed by atoms with van der Waals surface area (Å²) in [5, 5.41) is 4.34. The van der Waals surface area contributed by atoms with Crippen molar-refractivity contribution in [3.8, 4) is 0 Å². The molecule has 0 unspecified atom stereocenters. The number of rotatable bonds is 4. The fourth-order valence-electron chi connectivity index (χ4n) is 3.32. The third-order valence-corrected chi connectivity index (χ3v) is 5.16. The van der Waals surface area contributed by atoms with Gasteiger partial charge >= 0.3 is 6.03 Å². The number of anilines is 2. The molecule has 1 fully saturated rings. The van der Waals surface area contributed by atoms with Gasteiger partial charge in [0.2, 0.25) is 5.91 Å². The molecule has 1 aliphatic carbocycles. The molecule has 2 aromatic rings. The maximum absolute atomic E-state index is 12.5. The van der Waals surface area contributed by atoms with Crippen molar-refractivity contribution in [1.82, 2.24) is 5.43 Å². The van der Waals surface area contributed by atoms with Crippen molar-refractivity contribution in [3.05, 3.63) is 59.1 Å². The summed E-state index contributed by atoms with van der Waals surface area (Å²) < 4.78 is 0. The number of hydrogen-bond donors (Lipinski definition) is 3. The summed E-state index contributed by atoms with van der Waals surface area (Å²) in [6, 6.07) is 11.9. The summed E-state index contributed by atoms with van der Waals surface area (Å²) in [5.74, 6) is -0.441. The largest absolute Gasteiger partial charge is 0.350 e. The van der Waals surface area contributed by atoms with Gasteiger partial charge in [-0.25, -0.2) is 9.80 Å². The predicted molar refractivity (Wildman–Crippen MR) is 113 cm³/mol. The number of carbonyl (C=O) groups is 3. The first-order chi connectivity index (χ1) is 13.9. The van der Waals surface area contributed by atoms with Gasteiger partial charge in [0.15, 0.2) is 0 Å². The lowest BCUT2D eigenvalue weighted by Gasteiger charge is -2.21. The Bertz CT molecular complexity index is 878. The molecule has 0 radical (unpaired) electrons. The average molecular weight is 415 g/mol. The van der Waals surface area contributed by atoms with E-state index in [0.29, 0.717) is 22.0 Å². The molecule has 29 heavy (non-hydrogen) atoms. The van der Waals surface area contributed by atoms with Gasteiger partial charge in [0.05, 0.1) is 5.69 Å². The summed E-state index contributed by atoms with van der Waals surface area (Å²) in [5.41, 5.74) is 9.17. The number of urea groups is 1. The molecule has 8 heteroatoms. The van der Waals surface area contributed by atoms with Crippen molar-refractivity contribution < 1.29 is 14.4 Å². The van der Waals surface area contributed by atoms with Crippen LogP contribution >= 0.6 is 11.6 Å². The summed E-state index contributed by atoms with van der Waals surface area (Å²) >= 11 is 5.85. The average Bonchev–Trinajstić information content (AvgIpc) is 2.73. The predicted octanol–water partition coefficient (Wildman–Crippen LogP) is 4.09. The van der Waals surface area contributed by atoms with Gasteiger partial charge < -0.3 is 11.1 Å². The highest BCUT2D eigenvalue weighted by atomic mass is 35.5. The van der Waals surface area contributed by atoms with Crippen LogP contribution in [0.1, 0.15) is 42.5 Å². The second-order valence-corrected chi connectivity index (χ2v) is 7.43. The van der Waals surface area contributed by atoms with E-state index in [0.717, 1.165) is 30.7 Å². The first kappa shape index (κ1) is 20.7. The smallest absolute Gasteiger partial charge is 0.338 e. The Balaban J connectivity index is 1.63. The van der Waals surface area contributed by atoms with Crippen LogP contribution in [0.3, 0.4) is 0 Å². The van der Waals surface area contributed by atoms with Crippen molar-refractivity contribution in [3.63, 3.8) is 0 Å². The summed E-state index contributed by atoms with van der Waals surface area (Å²) in [7, 11) is 0. The zero-order valence-electron chi connectivity index (χ0n) is 15.9. The van der Waals surface area contributed by atoms with Gasteiger partial charge in [0.25, 0.3) is 5.91 Å². The van der Waals surface area contributed by atoms with Crippen molar-refractivity contribution in [2.24, 2.45) is 11.7 Å². The number of halogens is 1. The number of carbonyl (C=O) groups excluding carboxylic acids is 3. The molecule has 1 saturated carbocycles. The summed E-state index contributed by atoms with van der Waals surface area (Å²) in [6.45, 7) is 0. The number of hydrazine groups is 1. The number of amides is 4. The van der Waals surface area contributed by atoms with Gasteiger partial charge in [0.1, 0.15) is 0 Å². The number of nitrogens with two attached hydrogens (primary N) is 1. The van der Waals surface area contributed by atoms with Gasteiger partial charge in [0, 0.05) is 22.2 Å². The van der Waals surface area contributed by atoms with E-state index in [4.69, 9.17) is 17.3 Å². The molecular formula is C21H23ClN4O3. The zero-order chi connectivity index (χ0) is 20.8. The lowest BCUT2D eigenvalue weighted by Crippen LogP contribution is -2.49.